The minimum atomic E-state index is -1.41. The van der Waals surface area contributed by atoms with Gasteiger partial charge in [0.15, 0.2) is 0 Å². The maximum Gasteiger partial charge on any atom is 0.145 e. The van der Waals surface area contributed by atoms with E-state index in [2.05, 4.69) is 57.3 Å². The molecule has 1 nitrogen and oxygen atoms in total. The van der Waals surface area contributed by atoms with E-state index in [0.717, 1.165) is 0 Å². The third-order valence-corrected chi connectivity index (χ3v) is 10.4. The first kappa shape index (κ1) is 12.9. The summed E-state index contributed by atoms with van der Waals surface area (Å²) in [5.74, 6) is 0. The van der Waals surface area contributed by atoms with E-state index in [-0.39, 0.29) is 0 Å². The van der Waals surface area contributed by atoms with Crippen LogP contribution in [0.25, 0.3) is 0 Å². The monoisotopic (exact) mass is 239 g/mol. The van der Waals surface area contributed by atoms with E-state index in [1.54, 1.807) is 10.8 Å². The van der Waals surface area contributed by atoms with Crippen molar-refractivity contribution in [2.45, 2.75) is 53.0 Å². The van der Waals surface area contributed by atoms with Crippen molar-refractivity contribution in [3.63, 3.8) is 0 Å². The first-order chi connectivity index (χ1) is 6.63. The molecule has 1 rings (SSSR count). The van der Waals surface area contributed by atoms with Crippen molar-refractivity contribution < 1.29 is 0 Å². The lowest BCUT2D eigenvalue weighted by Crippen LogP contribution is -2.58. The maximum absolute atomic E-state index is 3.98. The molecule has 0 saturated heterocycles. The second-order valence-electron chi connectivity index (χ2n) is 6.25. The van der Waals surface area contributed by atoms with Crippen LogP contribution in [0.3, 0.4) is 0 Å². The summed E-state index contributed by atoms with van der Waals surface area (Å²) in [5.41, 5.74) is 3.12. The van der Waals surface area contributed by atoms with Crippen LogP contribution in [0.1, 0.15) is 20.3 Å². The highest BCUT2D eigenvalue weighted by Crippen LogP contribution is 2.32. The van der Waals surface area contributed by atoms with Crippen LogP contribution in [-0.2, 0) is 0 Å². The summed E-state index contributed by atoms with van der Waals surface area (Å²) >= 11 is 0. The summed E-state index contributed by atoms with van der Waals surface area (Å²) in [5, 5.41) is 1.67. The van der Waals surface area contributed by atoms with Crippen LogP contribution in [-0.4, -0.2) is 16.5 Å². The first-order valence-corrected chi connectivity index (χ1v) is 12.3. The van der Waals surface area contributed by atoms with Crippen molar-refractivity contribution in [3.8, 4) is 0 Å². The van der Waals surface area contributed by atoms with Crippen LogP contribution in [0.5, 0.6) is 0 Å². The molecule has 0 radical (unpaired) electrons. The fourth-order valence-corrected chi connectivity index (χ4v) is 13.1. The summed E-state index contributed by atoms with van der Waals surface area (Å²) < 4.78 is 3.98. The highest BCUT2D eigenvalue weighted by molar-refractivity contribution is 6.94. The van der Waals surface area contributed by atoms with Gasteiger partial charge in [0.2, 0.25) is 0 Å². The molecule has 0 aliphatic heterocycles. The number of hydrogen-bond donors (Lipinski definition) is 1. The van der Waals surface area contributed by atoms with Gasteiger partial charge in [-0.3, -0.25) is 0 Å². The zero-order valence-corrected chi connectivity index (χ0v) is 13.3. The normalized spacial score (nSPS) is 18.5. The van der Waals surface area contributed by atoms with E-state index in [4.69, 9.17) is 0 Å². The van der Waals surface area contributed by atoms with Gasteiger partial charge in [0.25, 0.3) is 0 Å². The van der Waals surface area contributed by atoms with Gasteiger partial charge in [-0.25, -0.2) is 0 Å². The molecule has 0 aromatic heterocycles. The molecule has 0 aromatic rings. The standard InChI is InChI=1S/C12H25NSi2/c1-10-8-9-11(2)12(10)15(6,7)13-14(3,4)5/h8,13H,9H2,1-7H3. The number of hydrogen-bond acceptors (Lipinski definition) is 1. The average molecular weight is 240 g/mol. The predicted molar refractivity (Wildman–Crippen MR) is 75.0 cm³/mol. The van der Waals surface area contributed by atoms with Gasteiger partial charge in [0, 0.05) is 0 Å². The third kappa shape index (κ3) is 3.16. The molecule has 86 valence electrons. The van der Waals surface area contributed by atoms with Crippen molar-refractivity contribution in [1.82, 2.24) is 4.65 Å². The van der Waals surface area contributed by atoms with Crippen LogP contribution in [0.4, 0.5) is 0 Å². The molecule has 0 bridgehead atoms. The Hall–Kier alpha value is -0.126. The summed E-state index contributed by atoms with van der Waals surface area (Å²) in [4.78, 5) is 0. The van der Waals surface area contributed by atoms with E-state index in [1.165, 1.54) is 12.0 Å². The Balaban J connectivity index is 2.96. The highest BCUT2D eigenvalue weighted by atomic mass is 28.4. The molecular weight excluding hydrogens is 214 g/mol. The zero-order chi connectivity index (χ0) is 11.9. The Kier molecular flexibility index (Phi) is 3.48. The van der Waals surface area contributed by atoms with Gasteiger partial charge in [-0.15, -0.1) is 0 Å². The van der Waals surface area contributed by atoms with Gasteiger partial charge in [-0.2, -0.15) is 0 Å². The van der Waals surface area contributed by atoms with E-state index in [9.17, 15) is 0 Å². The second kappa shape index (κ2) is 4.03. The van der Waals surface area contributed by atoms with E-state index >= 15 is 0 Å². The largest absolute Gasteiger partial charge is 0.356 e. The molecule has 0 spiro atoms. The van der Waals surface area contributed by atoms with Gasteiger partial charge < -0.3 is 4.65 Å². The lowest BCUT2D eigenvalue weighted by Gasteiger charge is -2.34. The number of allylic oxidation sites excluding steroid dienone is 4. The molecule has 1 aliphatic rings. The SMILES string of the molecule is CC1=CCC(C)=C1[Si](C)(C)N[Si](C)(C)C. The molecule has 1 aliphatic carbocycles. The molecule has 0 unspecified atom stereocenters. The van der Waals surface area contributed by atoms with E-state index < -0.39 is 16.5 Å². The van der Waals surface area contributed by atoms with E-state index in [0.29, 0.717) is 0 Å². The van der Waals surface area contributed by atoms with Crippen molar-refractivity contribution in [2.75, 3.05) is 0 Å². The van der Waals surface area contributed by atoms with Crippen molar-refractivity contribution >= 4 is 16.5 Å². The Morgan fingerprint density at radius 3 is 1.93 bits per heavy atom. The quantitative estimate of drug-likeness (QED) is 0.738. The van der Waals surface area contributed by atoms with Crippen LogP contribution >= 0.6 is 0 Å². The second-order valence-corrected chi connectivity index (χ2v) is 15.5. The number of nitrogens with one attached hydrogen (secondary N) is 1. The molecule has 1 N–H and O–H groups in total. The number of rotatable bonds is 3. The Bertz CT molecular complexity index is 319. The fraction of sp³-hybridized carbons (Fsp3) is 0.667. The topological polar surface area (TPSA) is 12.0 Å². The van der Waals surface area contributed by atoms with Crippen molar-refractivity contribution in [1.29, 1.82) is 0 Å². The van der Waals surface area contributed by atoms with Crippen LogP contribution in [0.15, 0.2) is 22.4 Å². The van der Waals surface area contributed by atoms with Gasteiger partial charge in [0.1, 0.15) is 16.5 Å². The van der Waals surface area contributed by atoms with Gasteiger partial charge >= 0.3 is 0 Å². The maximum atomic E-state index is 3.98. The summed E-state index contributed by atoms with van der Waals surface area (Å²) in [6.45, 7) is 16.7. The lowest BCUT2D eigenvalue weighted by atomic mass is 10.3. The molecule has 0 atom stereocenters. The Morgan fingerprint density at radius 1 is 1.07 bits per heavy atom. The smallest absolute Gasteiger partial charge is 0.145 e. The molecular formula is C12H25NSi2. The molecule has 0 heterocycles. The van der Waals surface area contributed by atoms with Crippen molar-refractivity contribution in [2.24, 2.45) is 0 Å². The first-order valence-electron chi connectivity index (χ1n) is 5.80. The van der Waals surface area contributed by atoms with E-state index in [1.807, 2.05) is 0 Å². The molecule has 0 amide bonds. The summed E-state index contributed by atoms with van der Waals surface area (Å²) in [6.07, 6.45) is 3.55. The predicted octanol–water partition coefficient (Wildman–Crippen LogP) is 3.82. The average Bonchev–Trinajstić information content (AvgIpc) is 2.25. The van der Waals surface area contributed by atoms with Crippen LogP contribution < -0.4 is 4.65 Å². The Morgan fingerprint density at radius 2 is 1.60 bits per heavy atom. The molecule has 0 aromatic carbocycles. The molecule has 15 heavy (non-hydrogen) atoms. The minimum Gasteiger partial charge on any atom is -0.356 e. The summed E-state index contributed by atoms with van der Waals surface area (Å²) in [7, 11) is -2.58. The Labute approximate surface area is 96.8 Å². The van der Waals surface area contributed by atoms with Gasteiger partial charge in [-0.1, -0.05) is 50.0 Å². The van der Waals surface area contributed by atoms with Gasteiger partial charge in [-0.05, 0) is 25.5 Å². The lowest BCUT2D eigenvalue weighted by molar-refractivity contribution is 1.22. The van der Waals surface area contributed by atoms with Crippen LogP contribution in [0.2, 0.25) is 32.7 Å². The molecule has 0 fully saturated rings. The van der Waals surface area contributed by atoms with Gasteiger partial charge in [0.05, 0.1) is 0 Å². The highest BCUT2D eigenvalue weighted by Gasteiger charge is 2.34. The van der Waals surface area contributed by atoms with Crippen LogP contribution in [0, 0.1) is 0 Å². The molecule has 0 saturated carbocycles. The summed E-state index contributed by atoms with van der Waals surface area (Å²) in [6, 6.07) is 0. The molecule has 3 heteroatoms. The fourth-order valence-electron chi connectivity index (χ4n) is 2.87. The minimum absolute atomic E-state index is 1.17. The van der Waals surface area contributed by atoms with Crippen molar-refractivity contribution in [3.05, 3.63) is 22.4 Å². The zero-order valence-electron chi connectivity index (χ0n) is 11.3. The third-order valence-electron chi connectivity index (χ3n) is 2.85.